The highest BCUT2D eigenvalue weighted by Crippen LogP contribution is 2.24. The lowest BCUT2D eigenvalue weighted by Gasteiger charge is -2.48. The molecule has 0 saturated carbocycles. The normalized spacial score (nSPS) is 28.9. The van der Waals surface area contributed by atoms with Gasteiger partial charge in [0.15, 0.2) is 0 Å². The van der Waals surface area contributed by atoms with E-state index in [0.717, 1.165) is 26.2 Å². The summed E-state index contributed by atoms with van der Waals surface area (Å²) >= 11 is 0. The van der Waals surface area contributed by atoms with Gasteiger partial charge in [-0.25, -0.2) is 0 Å². The van der Waals surface area contributed by atoms with Crippen molar-refractivity contribution >= 4 is 5.97 Å². The molecule has 0 aliphatic carbocycles. The number of nitrogens with one attached hydrogen (secondary N) is 1. The SMILES string of the molecule is CCNC(CN1CC2CCCCN2CC1C)C(=O)OCC. The molecule has 1 N–H and O–H groups in total. The van der Waals surface area contributed by atoms with Crippen molar-refractivity contribution in [1.29, 1.82) is 0 Å². The lowest BCUT2D eigenvalue weighted by atomic mass is 9.97. The predicted octanol–water partition coefficient (Wildman–Crippen LogP) is 1.09. The second-order valence-electron chi connectivity index (χ2n) is 6.31. The first-order valence-corrected chi connectivity index (χ1v) is 8.53. The summed E-state index contributed by atoms with van der Waals surface area (Å²) in [6.45, 7) is 11.6. The molecule has 0 aromatic heterocycles. The van der Waals surface area contributed by atoms with Crippen molar-refractivity contribution < 1.29 is 9.53 Å². The number of likely N-dealkylation sites (N-methyl/N-ethyl adjacent to an activating group) is 1. The Hall–Kier alpha value is -0.650. The molecule has 2 saturated heterocycles. The van der Waals surface area contributed by atoms with Crippen LogP contribution in [0.5, 0.6) is 0 Å². The van der Waals surface area contributed by atoms with Gasteiger partial charge in [-0.1, -0.05) is 13.3 Å². The molecule has 2 fully saturated rings. The highest BCUT2D eigenvalue weighted by molar-refractivity contribution is 5.76. The monoisotopic (exact) mass is 297 g/mol. The van der Waals surface area contributed by atoms with Gasteiger partial charge < -0.3 is 10.1 Å². The molecule has 0 radical (unpaired) electrons. The Morgan fingerprint density at radius 2 is 2.14 bits per heavy atom. The Bertz CT molecular complexity index is 337. The number of esters is 1. The van der Waals surface area contributed by atoms with Crippen molar-refractivity contribution in [3.63, 3.8) is 0 Å². The fourth-order valence-corrected chi connectivity index (χ4v) is 3.61. The first-order chi connectivity index (χ1) is 10.2. The second kappa shape index (κ2) is 8.11. The largest absolute Gasteiger partial charge is 0.465 e. The van der Waals surface area contributed by atoms with E-state index in [1.807, 2.05) is 13.8 Å². The third-order valence-corrected chi connectivity index (χ3v) is 4.76. The van der Waals surface area contributed by atoms with E-state index in [4.69, 9.17) is 4.74 Å². The molecule has 0 amide bonds. The number of carbonyl (C=O) groups is 1. The Labute approximate surface area is 129 Å². The van der Waals surface area contributed by atoms with Crippen LogP contribution in [-0.4, -0.2) is 73.2 Å². The molecule has 2 rings (SSSR count). The van der Waals surface area contributed by atoms with Gasteiger partial charge in [-0.2, -0.15) is 0 Å². The molecule has 0 bridgehead atoms. The van der Waals surface area contributed by atoms with E-state index in [9.17, 15) is 4.79 Å². The van der Waals surface area contributed by atoms with E-state index in [2.05, 4.69) is 22.0 Å². The van der Waals surface area contributed by atoms with Gasteiger partial charge in [0, 0.05) is 31.7 Å². The maximum Gasteiger partial charge on any atom is 0.324 e. The maximum atomic E-state index is 12.1. The molecular formula is C16H31N3O2. The van der Waals surface area contributed by atoms with Crippen LogP contribution in [0.4, 0.5) is 0 Å². The van der Waals surface area contributed by atoms with Gasteiger partial charge in [0.1, 0.15) is 6.04 Å². The zero-order valence-corrected chi connectivity index (χ0v) is 13.8. The molecule has 5 heteroatoms. The average molecular weight is 297 g/mol. The van der Waals surface area contributed by atoms with Gasteiger partial charge in [0.2, 0.25) is 0 Å². The lowest BCUT2D eigenvalue weighted by Crippen LogP contribution is -2.61. The van der Waals surface area contributed by atoms with E-state index in [1.165, 1.54) is 25.8 Å². The number of hydrogen-bond acceptors (Lipinski definition) is 5. The summed E-state index contributed by atoms with van der Waals surface area (Å²) in [6.07, 6.45) is 3.98. The Kier molecular flexibility index (Phi) is 6.45. The topological polar surface area (TPSA) is 44.8 Å². The summed E-state index contributed by atoms with van der Waals surface area (Å²) in [6, 6.07) is 0.988. The summed E-state index contributed by atoms with van der Waals surface area (Å²) < 4.78 is 5.20. The molecule has 3 atom stereocenters. The second-order valence-corrected chi connectivity index (χ2v) is 6.31. The van der Waals surface area contributed by atoms with Crippen molar-refractivity contribution in [3.05, 3.63) is 0 Å². The van der Waals surface area contributed by atoms with E-state index in [-0.39, 0.29) is 12.0 Å². The summed E-state index contributed by atoms with van der Waals surface area (Å²) in [5.74, 6) is -0.113. The van der Waals surface area contributed by atoms with Crippen LogP contribution in [-0.2, 0) is 9.53 Å². The number of piperidine rings is 1. The number of hydrogen-bond donors (Lipinski definition) is 1. The van der Waals surface area contributed by atoms with Crippen molar-refractivity contribution in [2.24, 2.45) is 0 Å². The van der Waals surface area contributed by atoms with Crippen LogP contribution in [0.3, 0.4) is 0 Å². The first-order valence-electron chi connectivity index (χ1n) is 8.53. The van der Waals surface area contributed by atoms with Crippen molar-refractivity contribution in [3.8, 4) is 0 Å². The van der Waals surface area contributed by atoms with Crippen LogP contribution < -0.4 is 5.32 Å². The number of ether oxygens (including phenoxy) is 1. The molecule has 0 aromatic rings. The van der Waals surface area contributed by atoms with Gasteiger partial charge in [-0.3, -0.25) is 14.6 Å². The van der Waals surface area contributed by atoms with Gasteiger partial charge in [-0.05, 0) is 39.8 Å². The fraction of sp³-hybridized carbons (Fsp3) is 0.938. The third-order valence-electron chi connectivity index (χ3n) is 4.76. The van der Waals surface area contributed by atoms with Gasteiger partial charge in [0.05, 0.1) is 6.61 Å². The van der Waals surface area contributed by atoms with Crippen LogP contribution in [0.25, 0.3) is 0 Å². The van der Waals surface area contributed by atoms with Crippen LogP contribution in [0.15, 0.2) is 0 Å². The van der Waals surface area contributed by atoms with Crippen molar-refractivity contribution in [2.45, 2.75) is 58.2 Å². The average Bonchev–Trinajstić information content (AvgIpc) is 2.47. The number of piperazine rings is 1. The zero-order valence-electron chi connectivity index (χ0n) is 13.8. The van der Waals surface area contributed by atoms with Crippen molar-refractivity contribution in [2.75, 3.05) is 39.3 Å². The third kappa shape index (κ3) is 4.41. The van der Waals surface area contributed by atoms with Gasteiger partial charge in [0.25, 0.3) is 0 Å². The predicted molar refractivity (Wildman–Crippen MR) is 84.3 cm³/mol. The molecule has 0 aromatic carbocycles. The summed E-state index contributed by atoms with van der Waals surface area (Å²) in [5.41, 5.74) is 0. The number of rotatable bonds is 6. The molecule has 2 heterocycles. The van der Waals surface area contributed by atoms with Crippen LogP contribution in [0.2, 0.25) is 0 Å². The van der Waals surface area contributed by atoms with E-state index >= 15 is 0 Å². The maximum absolute atomic E-state index is 12.1. The fourth-order valence-electron chi connectivity index (χ4n) is 3.61. The lowest BCUT2D eigenvalue weighted by molar-refractivity contribution is -0.146. The molecule has 122 valence electrons. The number of carbonyl (C=O) groups excluding carboxylic acids is 1. The molecule has 2 aliphatic rings. The quantitative estimate of drug-likeness (QED) is 0.744. The highest BCUT2D eigenvalue weighted by Gasteiger charge is 2.34. The molecule has 2 aliphatic heterocycles. The smallest absolute Gasteiger partial charge is 0.324 e. The number of nitrogens with zero attached hydrogens (tertiary/aromatic N) is 2. The summed E-state index contributed by atoms with van der Waals surface area (Å²) in [7, 11) is 0. The van der Waals surface area contributed by atoms with Gasteiger partial charge >= 0.3 is 5.97 Å². The summed E-state index contributed by atoms with van der Waals surface area (Å²) in [5, 5.41) is 3.28. The van der Waals surface area contributed by atoms with Crippen molar-refractivity contribution in [1.82, 2.24) is 15.1 Å². The van der Waals surface area contributed by atoms with Crippen LogP contribution in [0.1, 0.15) is 40.0 Å². The van der Waals surface area contributed by atoms with E-state index < -0.39 is 0 Å². The number of fused-ring (bicyclic) bond motifs is 1. The van der Waals surface area contributed by atoms with Crippen LogP contribution >= 0.6 is 0 Å². The zero-order chi connectivity index (χ0) is 15.2. The minimum Gasteiger partial charge on any atom is -0.465 e. The van der Waals surface area contributed by atoms with E-state index in [0.29, 0.717) is 18.7 Å². The van der Waals surface area contributed by atoms with Gasteiger partial charge in [-0.15, -0.1) is 0 Å². The molecular weight excluding hydrogens is 266 g/mol. The standard InChI is InChI=1S/C16H31N3O2/c1-4-17-15(16(20)21-5-2)12-19-11-14-8-6-7-9-18(14)10-13(19)3/h13-15,17H,4-12H2,1-3H3. The van der Waals surface area contributed by atoms with Crippen LogP contribution in [0, 0.1) is 0 Å². The minimum absolute atomic E-state index is 0.113. The molecule has 3 unspecified atom stereocenters. The Balaban J connectivity index is 1.93. The summed E-state index contributed by atoms with van der Waals surface area (Å²) in [4.78, 5) is 17.2. The molecule has 5 nitrogen and oxygen atoms in total. The Morgan fingerprint density at radius 1 is 1.33 bits per heavy atom. The minimum atomic E-state index is -0.201. The molecule has 21 heavy (non-hydrogen) atoms. The highest BCUT2D eigenvalue weighted by atomic mass is 16.5. The Morgan fingerprint density at radius 3 is 2.86 bits per heavy atom. The molecule has 0 spiro atoms. The van der Waals surface area contributed by atoms with E-state index in [1.54, 1.807) is 0 Å². The first kappa shape index (κ1) is 16.7.